The van der Waals surface area contributed by atoms with Gasteiger partial charge in [-0.05, 0) is 67.5 Å². The zero-order valence-electron chi connectivity index (χ0n) is 22.9. The topological polar surface area (TPSA) is 83.1 Å². The molecule has 0 spiro atoms. The second-order valence-electron chi connectivity index (χ2n) is 9.69. The van der Waals surface area contributed by atoms with Gasteiger partial charge < -0.3 is 24.3 Å². The number of methoxy groups -OCH3 is 2. The Morgan fingerprint density at radius 1 is 0.921 bits per heavy atom. The summed E-state index contributed by atoms with van der Waals surface area (Å²) >= 11 is 0. The summed E-state index contributed by atoms with van der Waals surface area (Å²) in [7, 11) is 3.23. The van der Waals surface area contributed by atoms with Crippen molar-refractivity contribution in [3.63, 3.8) is 0 Å². The maximum atomic E-state index is 13.8. The minimum Gasteiger partial charge on any atom is -0.497 e. The first-order valence-electron chi connectivity index (χ1n) is 13.3. The Kier molecular flexibility index (Phi) is 8.77. The molecule has 0 radical (unpaired) electrons. The van der Waals surface area contributed by atoms with Gasteiger partial charge in [0, 0.05) is 29.3 Å². The molecule has 0 saturated carbocycles. The molecule has 7 nitrogen and oxygen atoms in total. The number of nitrogens with one attached hydrogen (secondary N) is 1. The van der Waals surface area contributed by atoms with Crippen molar-refractivity contribution in [1.82, 2.24) is 5.32 Å². The molecule has 2 atom stereocenters. The van der Waals surface area contributed by atoms with Crippen LogP contribution in [0.15, 0.2) is 65.0 Å². The highest BCUT2D eigenvalue weighted by Gasteiger charge is 2.41. The van der Waals surface area contributed by atoms with Gasteiger partial charge in [0.05, 0.1) is 33.0 Å². The smallest absolute Gasteiger partial charge is 0.336 e. The fourth-order valence-electron chi connectivity index (χ4n) is 5.22. The normalized spacial score (nSPS) is 19.0. The summed E-state index contributed by atoms with van der Waals surface area (Å²) < 4.78 is 22.3. The third-order valence-electron chi connectivity index (χ3n) is 7.05. The van der Waals surface area contributed by atoms with Gasteiger partial charge in [0.15, 0.2) is 17.3 Å². The number of ketones is 1. The standard InChI is InChI=1S/C31H37NO6/c1-6-14-37-26-13-10-21(18-27(26)36-5)29-28(31(34)38-15-7-2)19(3)32-24-16-22(17-25(33)30(24)29)20-8-11-23(35-4)12-9-20/h8-13,18,22,29,32H,6-7,14-17H2,1-5H3/t22-,29-/m1/s1. The molecule has 38 heavy (non-hydrogen) atoms. The molecule has 1 aliphatic heterocycles. The van der Waals surface area contributed by atoms with Gasteiger partial charge in [-0.3, -0.25) is 4.79 Å². The molecule has 0 amide bonds. The van der Waals surface area contributed by atoms with Gasteiger partial charge in [-0.25, -0.2) is 4.79 Å². The quantitative estimate of drug-likeness (QED) is 0.397. The van der Waals surface area contributed by atoms with Gasteiger partial charge in [-0.15, -0.1) is 0 Å². The lowest BCUT2D eigenvalue weighted by Gasteiger charge is -2.37. The van der Waals surface area contributed by atoms with E-state index in [1.165, 1.54) is 0 Å². The minimum absolute atomic E-state index is 0.0168. The lowest BCUT2D eigenvalue weighted by atomic mass is 9.71. The molecule has 202 valence electrons. The van der Waals surface area contributed by atoms with Gasteiger partial charge in [-0.2, -0.15) is 0 Å². The number of carbonyl (C=O) groups is 2. The van der Waals surface area contributed by atoms with E-state index in [1.807, 2.05) is 63.2 Å². The van der Waals surface area contributed by atoms with Crippen LogP contribution in [0.2, 0.25) is 0 Å². The van der Waals surface area contributed by atoms with Gasteiger partial charge in [-0.1, -0.05) is 32.0 Å². The zero-order valence-corrected chi connectivity index (χ0v) is 22.9. The van der Waals surface area contributed by atoms with E-state index in [9.17, 15) is 9.59 Å². The predicted octanol–water partition coefficient (Wildman–Crippen LogP) is 5.81. The number of Topliss-reactive ketones (excluding diaryl/α,β-unsaturated/α-hetero) is 1. The van der Waals surface area contributed by atoms with Crippen LogP contribution in [0.25, 0.3) is 0 Å². The number of esters is 1. The summed E-state index contributed by atoms with van der Waals surface area (Å²) in [6.45, 7) is 6.75. The Morgan fingerprint density at radius 2 is 1.63 bits per heavy atom. The molecule has 2 aromatic carbocycles. The van der Waals surface area contributed by atoms with Crippen LogP contribution in [0.3, 0.4) is 0 Å². The van der Waals surface area contributed by atoms with E-state index in [2.05, 4.69) is 5.32 Å². The number of dihydropyridines is 1. The fraction of sp³-hybridized carbons (Fsp3) is 0.419. The van der Waals surface area contributed by atoms with E-state index < -0.39 is 11.9 Å². The third kappa shape index (κ3) is 5.57. The third-order valence-corrected chi connectivity index (χ3v) is 7.05. The van der Waals surface area contributed by atoms with E-state index in [-0.39, 0.29) is 11.7 Å². The Labute approximate surface area is 224 Å². The maximum Gasteiger partial charge on any atom is 0.336 e. The highest BCUT2D eigenvalue weighted by Crippen LogP contribution is 2.47. The number of ether oxygens (including phenoxy) is 4. The number of rotatable bonds is 10. The van der Waals surface area contributed by atoms with E-state index in [1.54, 1.807) is 14.2 Å². The van der Waals surface area contributed by atoms with Crippen molar-refractivity contribution in [2.45, 2.75) is 58.3 Å². The molecule has 2 aliphatic rings. The number of allylic oxidation sites excluding steroid dienone is 3. The summed E-state index contributed by atoms with van der Waals surface area (Å²) in [5.41, 5.74) is 4.49. The molecule has 7 heteroatoms. The summed E-state index contributed by atoms with van der Waals surface area (Å²) in [4.78, 5) is 27.1. The molecule has 0 fully saturated rings. The van der Waals surface area contributed by atoms with E-state index in [0.717, 1.165) is 29.0 Å². The molecular formula is C31H37NO6. The van der Waals surface area contributed by atoms with Crippen LogP contribution in [0, 0.1) is 0 Å². The van der Waals surface area contributed by atoms with Crippen LogP contribution in [-0.4, -0.2) is 39.2 Å². The van der Waals surface area contributed by atoms with E-state index in [4.69, 9.17) is 18.9 Å². The van der Waals surface area contributed by atoms with E-state index in [0.29, 0.717) is 60.8 Å². The SMILES string of the molecule is CCCOC(=O)C1=C(C)NC2=C(C(=O)C[C@H](c3ccc(OC)cc3)C2)[C@@H]1c1ccc(OCCC)c(OC)c1. The molecule has 1 aliphatic carbocycles. The first-order valence-corrected chi connectivity index (χ1v) is 13.3. The second-order valence-corrected chi connectivity index (χ2v) is 9.69. The van der Waals surface area contributed by atoms with E-state index >= 15 is 0 Å². The van der Waals surface area contributed by atoms with Gasteiger partial charge in [0.25, 0.3) is 0 Å². The van der Waals surface area contributed by atoms with Crippen LogP contribution >= 0.6 is 0 Å². The first kappa shape index (κ1) is 27.3. The van der Waals surface area contributed by atoms with Gasteiger partial charge >= 0.3 is 5.97 Å². The summed E-state index contributed by atoms with van der Waals surface area (Å²) in [6, 6.07) is 13.5. The summed E-state index contributed by atoms with van der Waals surface area (Å²) in [5, 5.41) is 3.40. The van der Waals surface area contributed by atoms with Crippen molar-refractivity contribution in [2.75, 3.05) is 27.4 Å². The predicted molar refractivity (Wildman–Crippen MR) is 146 cm³/mol. The Hall–Kier alpha value is -3.74. The molecule has 2 aromatic rings. The second kappa shape index (κ2) is 12.2. The van der Waals surface area contributed by atoms with Crippen LogP contribution in [0.1, 0.15) is 69.4 Å². The zero-order chi connectivity index (χ0) is 27.2. The number of carbonyl (C=O) groups excluding carboxylic acids is 2. The van der Waals surface area contributed by atoms with Crippen molar-refractivity contribution in [1.29, 1.82) is 0 Å². The van der Waals surface area contributed by atoms with Crippen molar-refractivity contribution in [2.24, 2.45) is 0 Å². The van der Waals surface area contributed by atoms with Crippen LogP contribution in [0.5, 0.6) is 17.2 Å². The highest BCUT2D eigenvalue weighted by molar-refractivity contribution is 6.04. The van der Waals surface area contributed by atoms with Crippen molar-refractivity contribution >= 4 is 11.8 Å². The fourth-order valence-corrected chi connectivity index (χ4v) is 5.22. The average Bonchev–Trinajstić information content (AvgIpc) is 2.93. The van der Waals surface area contributed by atoms with Crippen molar-refractivity contribution in [3.8, 4) is 17.2 Å². The number of hydrogen-bond acceptors (Lipinski definition) is 7. The highest BCUT2D eigenvalue weighted by atomic mass is 16.5. The van der Waals surface area contributed by atoms with Gasteiger partial charge in [0.2, 0.25) is 0 Å². The molecule has 1 N–H and O–H groups in total. The molecule has 1 heterocycles. The number of benzene rings is 2. The van der Waals surface area contributed by atoms with Crippen molar-refractivity contribution in [3.05, 3.63) is 76.1 Å². The molecule has 0 bridgehead atoms. The van der Waals surface area contributed by atoms with Crippen molar-refractivity contribution < 1.29 is 28.5 Å². The average molecular weight is 520 g/mol. The number of hydrogen-bond donors (Lipinski definition) is 1. The summed E-state index contributed by atoms with van der Waals surface area (Å²) in [6.07, 6.45) is 2.60. The van der Waals surface area contributed by atoms with Crippen LogP contribution in [-0.2, 0) is 14.3 Å². The lowest BCUT2D eigenvalue weighted by Crippen LogP contribution is -2.36. The molecule has 0 aromatic heterocycles. The lowest BCUT2D eigenvalue weighted by molar-refractivity contribution is -0.139. The molecule has 0 saturated heterocycles. The van der Waals surface area contributed by atoms with Gasteiger partial charge in [0.1, 0.15) is 5.75 Å². The Bertz CT molecular complexity index is 1240. The molecule has 4 rings (SSSR count). The Balaban J connectivity index is 1.77. The van der Waals surface area contributed by atoms with Crippen LogP contribution < -0.4 is 19.5 Å². The minimum atomic E-state index is -0.561. The molecule has 0 unspecified atom stereocenters. The first-order chi connectivity index (χ1) is 18.4. The molecular weight excluding hydrogens is 482 g/mol. The largest absolute Gasteiger partial charge is 0.497 e. The Morgan fingerprint density at radius 3 is 2.29 bits per heavy atom. The maximum absolute atomic E-state index is 13.8. The monoisotopic (exact) mass is 519 g/mol. The van der Waals surface area contributed by atoms with Crippen LogP contribution in [0.4, 0.5) is 0 Å². The summed E-state index contributed by atoms with van der Waals surface area (Å²) in [5.74, 6) is 1.05.